The van der Waals surface area contributed by atoms with Gasteiger partial charge in [0.2, 0.25) is 5.82 Å². The Morgan fingerprint density at radius 1 is 0.917 bits per heavy atom. The number of nitrogen functional groups attached to an aromatic ring is 1. The van der Waals surface area contributed by atoms with Crippen molar-refractivity contribution < 1.29 is 4.84 Å². The summed E-state index contributed by atoms with van der Waals surface area (Å²) >= 11 is 0. The molecule has 0 fully saturated rings. The summed E-state index contributed by atoms with van der Waals surface area (Å²) in [6.45, 7) is 10.2. The number of aromatic nitrogens is 2. The second kappa shape index (κ2) is 9.76. The number of hydrogen-bond donors (Lipinski definition) is 1. The van der Waals surface area contributed by atoms with Crippen LogP contribution in [0.15, 0.2) is 116 Å². The van der Waals surface area contributed by atoms with Crippen LogP contribution >= 0.6 is 0 Å². The normalized spacial score (nSPS) is 13.1. The summed E-state index contributed by atoms with van der Waals surface area (Å²) in [6.07, 6.45) is 7.54. The van der Waals surface area contributed by atoms with Crippen LogP contribution in [-0.4, -0.2) is 9.97 Å². The summed E-state index contributed by atoms with van der Waals surface area (Å²) in [5.74, 6) is 1.29. The monoisotopic (exact) mass is 470 g/mol. The SMILES string of the molecule is C=C/C=C(\C=C/C)c1nc(N)c(N2Oc3ccccc3C(=C)c3ccccc32)nc1-c1ccccc1. The molecule has 0 atom stereocenters. The van der Waals surface area contributed by atoms with Crippen molar-refractivity contribution in [2.24, 2.45) is 0 Å². The van der Waals surface area contributed by atoms with E-state index >= 15 is 0 Å². The average Bonchev–Trinajstić information content (AvgIpc) is 3.04. The lowest BCUT2D eigenvalue weighted by Crippen LogP contribution is -2.25. The zero-order valence-electron chi connectivity index (χ0n) is 20.1. The first-order valence-electron chi connectivity index (χ1n) is 11.7. The van der Waals surface area contributed by atoms with Crippen molar-refractivity contribution in [3.05, 3.63) is 133 Å². The Bertz CT molecular complexity index is 1520. The van der Waals surface area contributed by atoms with Crippen molar-refractivity contribution in [2.45, 2.75) is 6.92 Å². The van der Waals surface area contributed by atoms with E-state index < -0.39 is 0 Å². The third-order valence-electron chi connectivity index (χ3n) is 5.91. The van der Waals surface area contributed by atoms with Gasteiger partial charge < -0.3 is 10.6 Å². The maximum absolute atomic E-state index is 6.60. The number of benzene rings is 3. The van der Waals surface area contributed by atoms with Crippen LogP contribution in [-0.2, 0) is 0 Å². The highest BCUT2D eigenvalue weighted by atomic mass is 16.7. The van der Waals surface area contributed by atoms with Crippen LogP contribution in [0.5, 0.6) is 5.75 Å². The van der Waals surface area contributed by atoms with Gasteiger partial charge in [-0.05, 0) is 24.6 Å². The molecule has 1 aliphatic heterocycles. The number of fused-ring (bicyclic) bond motifs is 2. The molecule has 4 aromatic rings. The zero-order chi connectivity index (χ0) is 25.1. The van der Waals surface area contributed by atoms with Crippen LogP contribution in [0.25, 0.3) is 22.4 Å². The molecule has 3 aromatic carbocycles. The highest BCUT2D eigenvalue weighted by Gasteiger charge is 2.28. The fourth-order valence-corrected chi connectivity index (χ4v) is 4.26. The molecule has 2 heterocycles. The molecule has 5 nitrogen and oxygen atoms in total. The maximum Gasteiger partial charge on any atom is 0.212 e. The molecule has 0 unspecified atom stereocenters. The molecule has 5 heteroatoms. The molecular formula is C31H26N4O. The van der Waals surface area contributed by atoms with Gasteiger partial charge in [-0.15, -0.1) is 0 Å². The van der Waals surface area contributed by atoms with E-state index in [0.717, 1.165) is 33.5 Å². The molecule has 0 radical (unpaired) electrons. The van der Waals surface area contributed by atoms with Gasteiger partial charge in [0.05, 0.1) is 17.1 Å². The summed E-state index contributed by atoms with van der Waals surface area (Å²) in [6, 6.07) is 25.6. The quantitative estimate of drug-likeness (QED) is 0.308. The number of anilines is 3. The summed E-state index contributed by atoms with van der Waals surface area (Å²) in [7, 11) is 0. The van der Waals surface area contributed by atoms with Crippen LogP contribution in [0.4, 0.5) is 17.3 Å². The Balaban J connectivity index is 1.78. The minimum absolute atomic E-state index is 0.240. The lowest BCUT2D eigenvalue weighted by Gasteiger charge is -2.25. The predicted octanol–water partition coefficient (Wildman–Crippen LogP) is 7.38. The van der Waals surface area contributed by atoms with E-state index in [1.807, 2.05) is 104 Å². The van der Waals surface area contributed by atoms with Crippen LogP contribution in [0.3, 0.4) is 0 Å². The summed E-state index contributed by atoms with van der Waals surface area (Å²) in [5.41, 5.74) is 13.2. The van der Waals surface area contributed by atoms with Gasteiger partial charge in [0.1, 0.15) is 0 Å². The third kappa shape index (κ3) is 4.07. The molecular weight excluding hydrogens is 444 g/mol. The number of para-hydroxylation sites is 2. The Hall–Kier alpha value is -4.90. The standard InChI is InChI=1S/C31H26N4O/c1-4-13-22(14-5-2)28-29(23-15-7-6-8-16-23)34-31(30(32)33-28)35-26-19-11-9-17-24(26)21(3)25-18-10-12-20-27(25)36-35/h4-20H,1,3H2,2H3,(H2,32,33)/b14-5-,22-13+. The minimum atomic E-state index is 0.240. The molecule has 1 aromatic heterocycles. The zero-order valence-corrected chi connectivity index (χ0v) is 20.1. The van der Waals surface area contributed by atoms with Crippen LogP contribution in [0, 0.1) is 0 Å². The number of hydrogen-bond acceptors (Lipinski definition) is 5. The number of nitrogens with zero attached hydrogens (tertiary/aromatic N) is 3. The molecule has 0 amide bonds. The van der Waals surface area contributed by atoms with Crippen molar-refractivity contribution in [3.8, 4) is 17.0 Å². The fourth-order valence-electron chi connectivity index (χ4n) is 4.26. The molecule has 0 bridgehead atoms. The Morgan fingerprint density at radius 3 is 2.36 bits per heavy atom. The molecule has 0 aliphatic carbocycles. The lowest BCUT2D eigenvalue weighted by atomic mass is 9.98. The summed E-state index contributed by atoms with van der Waals surface area (Å²) in [4.78, 5) is 16.4. The molecule has 1 aliphatic rings. The number of rotatable bonds is 5. The van der Waals surface area contributed by atoms with E-state index in [-0.39, 0.29) is 5.82 Å². The molecule has 0 spiro atoms. The van der Waals surface area contributed by atoms with Gasteiger partial charge in [0.25, 0.3) is 0 Å². The first-order chi connectivity index (χ1) is 17.6. The van der Waals surface area contributed by atoms with E-state index in [1.165, 1.54) is 0 Å². The highest BCUT2D eigenvalue weighted by Crippen LogP contribution is 2.43. The van der Waals surface area contributed by atoms with Crippen LogP contribution < -0.4 is 15.6 Å². The topological polar surface area (TPSA) is 64.3 Å². The molecule has 176 valence electrons. The fraction of sp³-hybridized carbons (Fsp3) is 0.0323. The lowest BCUT2D eigenvalue weighted by molar-refractivity contribution is 0.321. The molecule has 5 rings (SSSR count). The Labute approximate surface area is 211 Å². The van der Waals surface area contributed by atoms with Crippen molar-refractivity contribution in [2.75, 3.05) is 10.8 Å². The molecule has 2 N–H and O–H groups in total. The van der Waals surface area contributed by atoms with Gasteiger partial charge in [0.15, 0.2) is 11.6 Å². The van der Waals surface area contributed by atoms with Crippen molar-refractivity contribution in [1.82, 2.24) is 9.97 Å². The van der Waals surface area contributed by atoms with Crippen LogP contribution in [0.1, 0.15) is 23.7 Å². The van der Waals surface area contributed by atoms with Gasteiger partial charge >= 0.3 is 0 Å². The second-order valence-electron chi connectivity index (χ2n) is 8.23. The van der Waals surface area contributed by atoms with Crippen molar-refractivity contribution in [3.63, 3.8) is 0 Å². The second-order valence-corrected chi connectivity index (χ2v) is 8.23. The van der Waals surface area contributed by atoms with E-state index in [1.54, 1.807) is 11.1 Å². The molecule has 36 heavy (non-hydrogen) atoms. The predicted molar refractivity (Wildman–Crippen MR) is 149 cm³/mol. The van der Waals surface area contributed by atoms with Crippen molar-refractivity contribution >= 4 is 28.5 Å². The van der Waals surface area contributed by atoms with E-state index in [9.17, 15) is 0 Å². The van der Waals surface area contributed by atoms with E-state index in [4.69, 9.17) is 20.5 Å². The molecule has 0 saturated heterocycles. The van der Waals surface area contributed by atoms with Gasteiger partial charge in [-0.1, -0.05) is 104 Å². The Morgan fingerprint density at radius 2 is 1.61 bits per heavy atom. The first-order valence-corrected chi connectivity index (χ1v) is 11.7. The number of allylic oxidation sites excluding steroid dienone is 5. The minimum Gasteiger partial charge on any atom is -0.380 e. The van der Waals surface area contributed by atoms with Crippen molar-refractivity contribution in [1.29, 1.82) is 0 Å². The summed E-state index contributed by atoms with van der Waals surface area (Å²) in [5, 5.41) is 1.65. The molecule has 0 saturated carbocycles. The number of nitrogens with two attached hydrogens (primary N) is 1. The van der Waals surface area contributed by atoms with Gasteiger partial charge in [0, 0.05) is 22.3 Å². The maximum atomic E-state index is 6.60. The van der Waals surface area contributed by atoms with Gasteiger partial charge in [-0.25, -0.2) is 9.97 Å². The van der Waals surface area contributed by atoms with Gasteiger partial charge in [-0.3, -0.25) is 0 Å². The van der Waals surface area contributed by atoms with E-state index in [2.05, 4.69) is 13.2 Å². The van der Waals surface area contributed by atoms with E-state index in [0.29, 0.717) is 23.0 Å². The third-order valence-corrected chi connectivity index (χ3v) is 5.91. The smallest absolute Gasteiger partial charge is 0.212 e. The average molecular weight is 471 g/mol. The summed E-state index contributed by atoms with van der Waals surface area (Å²) < 4.78 is 0. The highest BCUT2D eigenvalue weighted by molar-refractivity contribution is 5.91. The van der Waals surface area contributed by atoms with Crippen LogP contribution in [0.2, 0.25) is 0 Å². The largest absolute Gasteiger partial charge is 0.380 e. The Kier molecular flexibility index (Phi) is 6.20. The van der Waals surface area contributed by atoms with Gasteiger partial charge in [-0.2, -0.15) is 5.06 Å². The first kappa shape index (κ1) is 22.9.